The molecule has 2 rings (SSSR count). The Morgan fingerprint density at radius 3 is 2.32 bits per heavy atom. The third kappa shape index (κ3) is 5.49. The molecule has 0 fully saturated rings. The molecule has 0 aromatic heterocycles. The molecule has 6 nitrogen and oxygen atoms in total. The summed E-state index contributed by atoms with van der Waals surface area (Å²) in [5.41, 5.74) is 0.441. The topological polar surface area (TPSA) is 76.7 Å². The highest BCUT2D eigenvalue weighted by Crippen LogP contribution is 2.30. The summed E-state index contributed by atoms with van der Waals surface area (Å²) in [4.78, 5) is 25.3. The van der Waals surface area contributed by atoms with E-state index in [4.69, 9.17) is 9.47 Å². The van der Waals surface area contributed by atoms with E-state index in [1.807, 2.05) is 18.2 Å². The third-order valence-electron chi connectivity index (χ3n) is 4.56. The van der Waals surface area contributed by atoms with Crippen LogP contribution in [0.5, 0.6) is 11.5 Å². The van der Waals surface area contributed by atoms with Crippen LogP contribution >= 0.6 is 0 Å². The van der Waals surface area contributed by atoms with Gasteiger partial charge in [0.25, 0.3) is 0 Å². The highest BCUT2D eigenvalue weighted by Gasteiger charge is 2.36. The van der Waals surface area contributed by atoms with E-state index in [1.54, 1.807) is 39.2 Å². The highest BCUT2D eigenvalue weighted by molar-refractivity contribution is 6.10. The number of aryl methyl sites for hydroxylation is 1. The molecule has 2 aromatic carbocycles. The lowest BCUT2D eigenvalue weighted by atomic mass is 9.90. The first-order valence-corrected chi connectivity index (χ1v) is 9.24. The lowest BCUT2D eigenvalue weighted by molar-refractivity contribution is -0.138. The number of anilines is 1. The van der Waals surface area contributed by atoms with Crippen molar-refractivity contribution in [1.29, 1.82) is 0 Å². The zero-order valence-electron chi connectivity index (χ0n) is 16.9. The van der Waals surface area contributed by atoms with Crippen molar-refractivity contribution in [1.82, 2.24) is 5.32 Å². The number of carbonyl (C=O) groups excluding carboxylic acids is 2. The van der Waals surface area contributed by atoms with Gasteiger partial charge >= 0.3 is 0 Å². The van der Waals surface area contributed by atoms with E-state index in [0.717, 1.165) is 12.8 Å². The van der Waals surface area contributed by atoms with Crippen LogP contribution in [0.25, 0.3) is 0 Å². The quantitative estimate of drug-likeness (QED) is 0.513. The first-order valence-electron chi connectivity index (χ1n) is 9.24. The highest BCUT2D eigenvalue weighted by atomic mass is 16.5. The summed E-state index contributed by atoms with van der Waals surface area (Å²) in [5, 5.41) is 5.62. The lowest BCUT2D eigenvalue weighted by Gasteiger charge is -2.23. The fraction of sp³-hybridized carbons (Fsp3) is 0.364. The Balaban J connectivity index is 1.93. The molecule has 0 unspecified atom stereocenters. The van der Waals surface area contributed by atoms with E-state index < -0.39 is 11.3 Å². The smallest absolute Gasteiger partial charge is 0.239 e. The second-order valence-corrected chi connectivity index (χ2v) is 6.99. The van der Waals surface area contributed by atoms with Crippen molar-refractivity contribution in [3.05, 3.63) is 54.1 Å². The maximum atomic E-state index is 12.7. The Labute approximate surface area is 166 Å². The number of methoxy groups -OCH3 is 2. The molecule has 0 radical (unpaired) electrons. The number of hydrogen-bond donors (Lipinski definition) is 2. The van der Waals surface area contributed by atoms with Gasteiger partial charge in [0.05, 0.1) is 19.9 Å². The number of carbonyl (C=O) groups is 2. The minimum absolute atomic E-state index is 0.320. The van der Waals surface area contributed by atoms with Crippen molar-refractivity contribution in [2.75, 3.05) is 26.1 Å². The normalized spacial score (nSPS) is 10.9. The molecule has 0 spiro atoms. The summed E-state index contributed by atoms with van der Waals surface area (Å²) in [5.74, 6) is 0.340. The molecule has 0 atom stereocenters. The fourth-order valence-electron chi connectivity index (χ4n) is 2.65. The fourth-order valence-corrected chi connectivity index (χ4v) is 2.65. The van der Waals surface area contributed by atoms with E-state index in [1.165, 1.54) is 12.7 Å². The van der Waals surface area contributed by atoms with Crippen molar-refractivity contribution in [3.8, 4) is 11.5 Å². The summed E-state index contributed by atoms with van der Waals surface area (Å²) in [6.07, 6.45) is 1.67. The van der Waals surface area contributed by atoms with Gasteiger partial charge in [0, 0.05) is 12.6 Å². The Morgan fingerprint density at radius 1 is 0.964 bits per heavy atom. The molecule has 2 amide bonds. The van der Waals surface area contributed by atoms with Gasteiger partial charge in [-0.25, -0.2) is 0 Å². The standard InChI is InChI=1S/C22H28N2O4/c1-22(2,20(25)23-14-8-11-16-9-6-5-7-10-16)21(26)24-18-15-17(27-3)12-13-19(18)28-4/h5-7,9-10,12-13,15H,8,11,14H2,1-4H3,(H,23,25)(H,24,26). The third-order valence-corrected chi connectivity index (χ3v) is 4.56. The number of ether oxygens (including phenoxy) is 2. The molecule has 0 saturated heterocycles. The zero-order valence-corrected chi connectivity index (χ0v) is 16.9. The van der Waals surface area contributed by atoms with Crippen molar-refractivity contribution in [2.45, 2.75) is 26.7 Å². The van der Waals surface area contributed by atoms with Crippen LogP contribution in [0, 0.1) is 5.41 Å². The average molecular weight is 384 g/mol. The first kappa shape index (κ1) is 21.3. The molecule has 28 heavy (non-hydrogen) atoms. The number of nitrogens with one attached hydrogen (secondary N) is 2. The minimum Gasteiger partial charge on any atom is -0.497 e. The maximum Gasteiger partial charge on any atom is 0.239 e. The van der Waals surface area contributed by atoms with Gasteiger partial charge in [0.2, 0.25) is 11.8 Å². The monoisotopic (exact) mass is 384 g/mol. The van der Waals surface area contributed by atoms with Crippen LogP contribution in [-0.2, 0) is 16.0 Å². The molecule has 2 aromatic rings. The minimum atomic E-state index is -1.24. The molecular weight excluding hydrogens is 356 g/mol. The van der Waals surface area contributed by atoms with Gasteiger partial charge in [-0.05, 0) is 44.4 Å². The second kappa shape index (κ2) is 9.78. The van der Waals surface area contributed by atoms with Gasteiger partial charge in [-0.2, -0.15) is 0 Å². The lowest BCUT2D eigenvalue weighted by Crippen LogP contribution is -2.45. The molecule has 6 heteroatoms. The Hall–Kier alpha value is -3.02. The van der Waals surface area contributed by atoms with Crippen LogP contribution < -0.4 is 20.1 Å². The van der Waals surface area contributed by atoms with Crippen molar-refractivity contribution in [2.24, 2.45) is 5.41 Å². The molecule has 0 aliphatic carbocycles. The van der Waals surface area contributed by atoms with E-state index >= 15 is 0 Å². The number of benzene rings is 2. The van der Waals surface area contributed by atoms with E-state index in [0.29, 0.717) is 23.7 Å². The predicted molar refractivity (Wildman–Crippen MR) is 110 cm³/mol. The first-order chi connectivity index (χ1) is 13.4. The molecule has 0 bridgehead atoms. The molecule has 2 N–H and O–H groups in total. The van der Waals surface area contributed by atoms with E-state index in [2.05, 4.69) is 22.8 Å². The Morgan fingerprint density at radius 2 is 1.68 bits per heavy atom. The van der Waals surface area contributed by atoms with E-state index in [-0.39, 0.29) is 5.91 Å². The van der Waals surface area contributed by atoms with Gasteiger partial charge in [-0.15, -0.1) is 0 Å². The van der Waals surface area contributed by atoms with Crippen LogP contribution in [-0.4, -0.2) is 32.6 Å². The number of amides is 2. The molecule has 150 valence electrons. The van der Waals surface area contributed by atoms with Crippen molar-refractivity contribution >= 4 is 17.5 Å². The van der Waals surface area contributed by atoms with Crippen LogP contribution in [0.3, 0.4) is 0 Å². The van der Waals surface area contributed by atoms with Crippen LogP contribution in [0.2, 0.25) is 0 Å². The second-order valence-electron chi connectivity index (χ2n) is 6.99. The molecular formula is C22H28N2O4. The van der Waals surface area contributed by atoms with Crippen molar-refractivity contribution in [3.63, 3.8) is 0 Å². The van der Waals surface area contributed by atoms with Crippen LogP contribution in [0.15, 0.2) is 48.5 Å². The Bertz CT molecular complexity index is 803. The molecule has 0 saturated carbocycles. The summed E-state index contributed by atoms with van der Waals surface area (Å²) < 4.78 is 10.5. The largest absolute Gasteiger partial charge is 0.497 e. The maximum absolute atomic E-state index is 12.7. The van der Waals surface area contributed by atoms with Gasteiger partial charge < -0.3 is 20.1 Å². The summed E-state index contributed by atoms with van der Waals surface area (Å²) in [7, 11) is 3.06. The number of hydrogen-bond acceptors (Lipinski definition) is 4. The summed E-state index contributed by atoms with van der Waals surface area (Å²) in [6, 6.07) is 15.2. The average Bonchev–Trinajstić information content (AvgIpc) is 2.71. The summed E-state index contributed by atoms with van der Waals surface area (Å²) in [6.45, 7) is 3.70. The van der Waals surface area contributed by atoms with Gasteiger partial charge in [-0.3, -0.25) is 9.59 Å². The van der Waals surface area contributed by atoms with E-state index in [9.17, 15) is 9.59 Å². The van der Waals surface area contributed by atoms with Crippen molar-refractivity contribution < 1.29 is 19.1 Å². The van der Waals surface area contributed by atoms with Crippen LogP contribution in [0.1, 0.15) is 25.8 Å². The van der Waals surface area contributed by atoms with Gasteiger partial charge in [0.1, 0.15) is 16.9 Å². The number of rotatable bonds is 9. The van der Waals surface area contributed by atoms with Gasteiger partial charge in [-0.1, -0.05) is 30.3 Å². The zero-order chi connectivity index (χ0) is 20.6. The SMILES string of the molecule is COc1ccc(OC)c(NC(=O)C(C)(C)C(=O)NCCCc2ccccc2)c1. The van der Waals surface area contributed by atoms with Crippen LogP contribution in [0.4, 0.5) is 5.69 Å². The molecule has 0 aliphatic heterocycles. The Kier molecular flexibility index (Phi) is 7.44. The predicted octanol–water partition coefficient (Wildman–Crippen LogP) is 3.42. The van der Waals surface area contributed by atoms with Gasteiger partial charge in [0.15, 0.2) is 0 Å². The molecule has 0 aliphatic rings. The summed E-state index contributed by atoms with van der Waals surface area (Å²) >= 11 is 0. The molecule has 0 heterocycles.